The Morgan fingerprint density at radius 2 is 2.08 bits per heavy atom. The summed E-state index contributed by atoms with van der Waals surface area (Å²) in [5.41, 5.74) is 1.33. The molecule has 0 spiro atoms. The molecule has 0 unspecified atom stereocenters. The van der Waals surface area contributed by atoms with Crippen LogP contribution in [-0.4, -0.2) is 57.2 Å². The lowest BCUT2D eigenvalue weighted by molar-refractivity contribution is 0.000589. The number of aryl methyl sites for hydroxylation is 1. The summed E-state index contributed by atoms with van der Waals surface area (Å²) in [6.45, 7) is 3.29. The quantitative estimate of drug-likeness (QED) is 0.881. The summed E-state index contributed by atoms with van der Waals surface area (Å²) in [7, 11) is 0. The number of carbonyl (C=O) groups excluding carboxylic acids is 1. The van der Waals surface area contributed by atoms with Crippen molar-refractivity contribution in [3.63, 3.8) is 0 Å². The summed E-state index contributed by atoms with van der Waals surface area (Å²) in [6.07, 6.45) is 10.1. The van der Waals surface area contributed by atoms with Gasteiger partial charge < -0.3 is 15.0 Å². The number of carbonyl (C=O) groups is 1. The molecule has 8 nitrogen and oxygen atoms in total. The highest BCUT2D eigenvalue weighted by atomic mass is 16.5. The minimum Gasteiger partial charge on any atom is -0.374 e. The molecule has 2 fully saturated rings. The molecule has 0 bridgehead atoms. The molecule has 3 atom stereocenters. The van der Waals surface area contributed by atoms with Crippen LogP contribution in [0.15, 0.2) is 31.0 Å². The van der Waals surface area contributed by atoms with Crippen LogP contribution in [0.1, 0.15) is 28.9 Å². The minimum atomic E-state index is -0.238. The molecule has 4 heterocycles. The third-order valence-corrected chi connectivity index (χ3v) is 4.66. The highest BCUT2D eigenvalue weighted by Crippen LogP contribution is 2.31. The van der Waals surface area contributed by atoms with Gasteiger partial charge in [-0.25, -0.2) is 15.0 Å². The zero-order valence-electron chi connectivity index (χ0n) is 14.0. The van der Waals surface area contributed by atoms with E-state index in [0.29, 0.717) is 24.8 Å². The van der Waals surface area contributed by atoms with Gasteiger partial charge in [0.15, 0.2) is 0 Å². The van der Waals surface area contributed by atoms with Crippen LogP contribution in [0.5, 0.6) is 0 Å². The summed E-state index contributed by atoms with van der Waals surface area (Å²) in [6, 6.07) is 0.0355. The molecule has 2 aromatic heterocycles. The number of nitrogens with one attached hydrogen (secondary N) is 1. The second kappa shape index (κ2) is 6.72. The van der Waals surface area contributed by atoms with Gasteiger partial charge in [0, 0.05) is 37.9 Å². The molecule has 0 radical (unpaired) electrons. The maximum Gasteiger partial charge on any atom is 0.271 e. The van der Waals surface area contributed by atoms with Crippen molar-refractivity contribution in [3.8, 4) is 0 Å². The maximum absolute atomic E-state index is 12.4. The Morgan fingerprint density at radius 1 is 1.24 bits per heavy atom. The number of nitrogens with zero attached hydrogens (tertiary/aromatic N) is 5. The van der Waals surface area contributed by atoms with Gasteiger partial charge in [-0.15, -0.1) is 0 Å². The molecule has 0 saturated carbocycles. The number of hydrogen-bond acceptors (Lipinski definition) is 7. The molecular weight excluding hydrogens is 320 g/mol. The molecule has 2 aliphatic heterocycles. The number of hydrogen-bond donors (Lipinski definition) is 1. The van der Waals surface area contributed by atoms with Crippen LogP contribution in [0.4, 0.5) is 5.95 Å². The second-order valence-corrected chi connectivity index (χ2v) is 6.43. The number of amides is 1. The van der Waals surface area contributed by atoms with Gasteiger partial charge in [-0.1, -0.05) is 0 Å². The Morgan fingerprint density at radius 3 is 2.84 bits per heavy atom. The Balaban J connectivity index is 1.54. The molecule has 2 saturated heterocycles. The first-order valence-corrected chi connectivity index (χ1v) is 8.46. The number of anilines is 1. The lowest BCUT2D eigenvalue weighted by Gasteiger charge is -2.32. The first-order valence-electron chi connectivity index (χ1n) is 8.46. The average molecular weight is 340 g/mol. The van der Waals surface area contributed by atoms with Crippen LogP contribution in [0.25, 0.3) is 0 Å². The molecular formula is C17H20N6O2. The Kier molecular flexibility index (Phi) is 4.27. The van der Waals surface area contributed by atoms with Crippen molar-refractivity contribution in [1.29, 1.82) is 0 Å². The monoisotopic (exact) mass is 340 g/mol. The third kappa shape index (κ3) is 3.17. The van der Waals surface area contributed by atoms with E-state index in [1.165, 1.54) is 12.4 Å². The standard InChI is InChI=1S/C17H20N6O2/c1-11-7-20-17(21-8-11)23-10-13(15-14(23)3-2-6-25-15)22-16(24)12-9-18-4-5-19-12/h4-5,7-9,13-15H,2-3,6,10H2,1H3,(H,22,24)/t13-,14+,15+/m1/s1. The van der Waals surface area contributed by atoms with E-state index >= 15 is 0 Å². The van der Waals surface area contributed by atoms with Gasteiger partial charge in [-0.05, 0) is 25.3 Å². The van der Waals surface area contributed by atoms with Crippen molar-refractivity contribution < 1.29 is 9.53 Å². The van der Waals surface area contributed by atoms with Crippen LogP contribution in [0.3, 0.4) is 0 Å². The fourth-order valence-electron chi connectivity index (χ4n) is 3.51. The molecule has 2 aromatic rings. The maximum atomic E-state index is 12.4. The lowest BCUT2D eigenvalue weighted by atomic mass is 10.0. The third-order valence-electron chi connectivity index (χ3n) is 4.66. The largest absolute Gasteiger partial charge is 0.374 e. The lowest BCUT2D eigenvalue weighted by Crippen LogP contribution is -2.47. The molecule has 8 heteroatoms. The molecule has 1 N–H and O–H groups in total. The van der Waals surface area contributed by atoms with Crippen LogP contribution in [0, 0.1) is 6.92 Å². The molecule has 4 rings (SSSR count). The van der Waals surface area contributed by atoms with Gasteiger partial charge in [-0.2, -0.15) is 0 Å². The predicted octanol–water partition coefficient (Wildman–Crippen LogP) is 0.741. The van der Waals surface area contributed by atoms with Gasteiger partial charge >= 0.3 is 0 Å². The fraction of sp³-hybridized carbons (Fsp3) is 0.471. The number of rotatable bonds is 3. The minimum absolute atomic E-state index is 0.0701. The Hall–Kier alpha value is -2.61. The molecule has 130 valence electrons. The van der Waals surface area contributed by atoms with Crippen molar-refractivity contribution >= 4 is 11.9 Å². The van der Waals surface area contributed by atoms with Crippen LogP contribution in [-0.2, 0) is 4.74 Å². The molecule has 0 aromatic carbocycles. The topological polar surface area (TPSA) is 93.1 Å². The van der Waals surface area contributed by atoms with Crippen LogP contribution in [0.2, 0.25) is 0 Å². The predicted molar refractivity (Wildman–Crippen MR) is 90.2 cm³/mol. The first-order chi connectivity index (χ1) is 12.2. The van der Waals surface area contributed by atoms with Crippen molar-refractivity contribution in [1.82, 2.24) is 25.3 Å². The van der Waals surface area contributed by atoms with E-state index in [9.17, 15) is 4.79 Å². The first kappa shape index (κ1) is 15.9. The normalized spacial score (nSPS) is 25.5. The smallest absolute Gasteiger partial charge is 0.271 e. The van der Waals surface area contributed by atoms with Crippen molar-refractivity contribution in [2.45, 2.75) is 38.0 Å². The SMILES string of the molecule is Cc1cnc(N2C[C@@H](NC(=O)c3cnccn3)[C@@H]3OCCC[C@@H]32)nc1. The zero-order valence-corrected chi connectivity index (χ0v) is 14.0. The highest BCUT2D eigenvalue weighted by molar-refractivity contribution is 5.92. The average Bonchev–Trinajstić information content (AvgIpc) is 3.02. The Labute approximate surface area is 145 Å². The van der Waals surface area contributed by atoms with Gasteiger partial charge in [-0.3, -0.25) is 9.78 Å². The van der Waals surface area contributed by atoms with Crippen molar-refractivity contribution in [2.24, 2.45) is 0 Å². The number of aromatic nitrogens is 4. The van der Waals surface area contributed by atoms with Gasteiger partial charge in [0.25, 0.3) is 5.91 Å². The summed E-state index contributed by atoms with van der Waals surface area (Å²) in [5, 5.41) is 3.04. The van der Waals surface area contributed by atoms with E-state index in [-0.39, 0.29) is 24.1 Å². The molecule has 1 amide bonds. The van der Waals surface area contributed by atoms with Crippen molar-refractivity contribution in [2.75, 3.05) is 18.1 Å². The van der Waals surface area contributed by atoms with Crippen LogP contribution >= 0.6 is 0 Å². The summed E-state index contributed by atoms with van der Waals surface area (Å²) in [4.78, 5) is 31.5. The van der Waals surface area contributed by atoms with Gasteiger partial charge in [0.1, 0.15) is 5.69 Å². The van der Waals surface area contributed by atoms with E-state index in [2.05, 4.69) is 30.2 Å². The summed E-state index contributed by atoms with van der Waals surface area (Å²) in [5.74, 6) is 0.444. The molecule has 0 aliphatic carbocycles. The van der Waals surface area contributed by atoms with Crippen molar-refractivity contribution in [3.05, 3.63) is 42.2 Å². The summed E-state index contributed by atoms with van der Waals surface area (Å²) >= 11 is 0. The second-order valence-electron chi connectivity index (χ2n) is 6.43. The van der Waals surface area contributed by atoms with E-state index in [1.54, 1.807) is 6.20 Å². The van der Waals surface area contributed by atoms with E-state index in [1.807, 2.05) is 19.3 Å². The van der Waals surface area contributed by atoms with E-state index in [4.69, 9.17) is 4.74 Å². The summed E-state index contributed by atoms with van der Waals surface area (Å²) < 4.78 is 5.98. The number of fused-ring (bicyclic) bond motifs is 1. The fourth-order valence-corrected chi connectivity index (χ4v) is 3.51. The molecule has 2 aliphatic rings. The highest BCUT2D eigenvalue weighted by Gasteiger charge is 2.45. The van der Waals surface area contributed by atoms with Gasteiger partial charge in [0.05, 0.1) is 24.4 Å². The van der Waals surface area contributed by atoms with Gasteiger partial charge in [0.2, 0.25) is 5.95 Å². The van der Waals surface area contributed by atoms with Crippen LogP contribution < -0.4 is 10.2 Å². The zero-order chi connectivity index (χ0) is 17.2. The Bertz CT molecular complexity index is 739. The van der Waals surface area contributed by atoms with E-state index in [0.717, 1.165) is 18.4 Å². The molecule has 25 heavy (non-hydrogen) atoms. The van der Waals surface area contributed by atoms with E-state index < -0.39 is 0 Å². The number of ether oxygens (including phenoxy) is 1.